The van der Waals surface area contributed by atoms with Crippen LogP contribution in [0.1, 0.15) is 82.4 Å². The second-order valence-electron chi connectivity index (χ2n) is 9.95. The number of carbonyl (C=O) groups is 5. The first-order valence-corrected chi connectivity index (χ1v) is 13.1. The van der Waals surface area contributed by atoms with Crippen molar-refractivity contribution in [3.05, 3.63) is 70.3 Å². The molecule has 12 heteroatoms. The summed E-state index contributed by atoms with van der Waals surface area (Å²) < 4.78 is 29.8. The molecule has 0 radical (unpaired) electrons. The van der Waals surface area contributed by atoms with E-state index in [2.05, 4.69) is 5.32 Å². The number of nitrogens with one attached hydrogen (secondary N) is 3. The first-order chi connectivity index (χ1) is 19.1. The van der Waals surface area contributed by atoms with Gasteiger partial charge in [0.05, 0.1) is 0 Å². The van der Waals surface area contributed by atoms with E-state index in [1.54, 1.807) is 22.9 Å². The van der Waals surface area contributed by atoms with Crippen molar-refractivity contribution < 1.29 is 38.0 Å². The highest BCUT2D eigenvalue weighted by atomic mass is 19.3. The molecule has 40 heavy (non-hydrogen) atoms. The third-order valence-electron chi connectivity index (χ3n) is 7.12. The molecule has 1 atom stereocenters. The lowest BCUT2D eigenvalue weighted by molar-refractivity contribution is -0.137. The molecule has 10 nitrogen and oxygen atoms in total. The molecule has 0 bridgehead atoms. The van der Waals surface area contributed by atoms with Crippen LogP contribution in [0.2, 0.25) is 0 Å². The topological polar surface area (TPSA) is 145 Å². The molecule has 212 valence electrons. The normalized spacial score (nSPS) is 16.9. The van der Waals surface area contributed by atoms with Gasteiger partial charge in [-0.25, -0.2) is 5.48 Å². The summed E-state index contributed by atoms with van der Waals surface area (Å²) in [6.07, 6.45) is 4.34. The Bertz CT molecular complexity index is 1310. The number of carbonyl (C=O) groups excluding carboxylic acids is 5. The van der Waals surface area contributed by atoms with Gasteiger partial charge in [0.25, 0.3) is 11.8 Å². The zero-order chi connectivity index (χ0) is 28.9. The van der Waals surface area contributed by atoms with Crippen LogP contribution in [-0.2, 0) is 33.4 Å². The van der Waals surface area contributed by atoms with Gasteiger partial charge in [-0.05, 0) is 55.0 Å². The lowest BCUT2D eigenvalue weighted by atomic mass is 10.0. The average molecular weight is 557 g/mol. The number of hydrogen-bond acceptors (Lipinski definition) is 6. The van der Waals surface area contributed by atoms with E-state index in [9.17, 15) is 32.8 Å². The third kappa shape index (κ3) is 6.68. The Balaban J connectivity index is 1.32. The number of rotatable bonds is 11. The molecule has 2 heterocycles. The van der Waals surface area contributed by atoms with E-state index in [1.165, 1.54) is 35.2 Å². The fourth-order valence-electron chi connectivity index (χ4n) is 4.91. The van der Waals surface area contributed by atoms with Gasteiger partial charge in [0.2, 0.25) is 17.7 Å². The van der Waals surface area contributed by atoms with Crippen molar-refractivity contribution in [3.8, 4) is 0 Å². The molecule has 0 aromatic heterocycles. The molecule has 4 N–H and O–H groups in total. The number of imide groups is 1. The van der Waals surface area contributed by atoms with Crippen LogP contribution >= 0.6 is 0 Å². The molecular formula is C28H30F2N4O6. The molecule has 2 aromatic rings. The minimum absolute atomic E-state index is 0.0252. The zero-order valence-corrected chi connectivity index (χ0v) is 21.7. The van der Waals surface area contributed by atoms with Crippen molar-refractivity contribution in [2.24, 2.45) is 0 Å². The number of hydrogen-bond donors (Lipinski definition) is 4. The van der Waals surface area contributed by atoms with Crippen molar-refractivity contribution in [2.45, 2.75) is 70.0 Å². The molecular weight excluding hydrogens is 526 g/mol. The molecule has 2 aromatic carbocycles. The number of alkyl halides is 2. The van der Waals surface area contributed by atoms with Crippen molar-refractivity contribution in [1.82, 2.24) is 21.0 Å². The zero-order valence-electron chi connectivity index (χ0n) is 21.7. The molecule has 1 saturated heterocycles. The van der Waals surface area contributed by atoms with Crippen molar-refractivity contribution in [1.29, 1.82) is 0 Å². The highest BCUT2D eigenvalue weighted by Crippen LogP contribution is 2.30. The third-order valence-corrected chi connectivity index (χ3v) is 7.12. The van der Waals surface area contributed by atoms with Crippen LogP contribution in [0.5, 0.6) is 0 Å². The fraction of sp³-hybridized carbons (Fsp3) is 0.393. The summed E-state index contributed by atoms with van der Waals surface area (Å²) >= 11 is 0. The molecule has 1 unspecified atom stereocenters. The summed E-state index contributed by atoms with van der Waals surface area (Å²) in [6, 6.07) is 5.27. The van der Waals surface area contributed by atoms with Crippen LogP contribution in [-0.4, -0.2) is 45.7 Å². The number of fused-ring (bicyclic) bond motifs is 1. The van der Waals surface area contributed by atoms with Crippen molar-refractivity contribution in [2.75, 3.05) is 0 Å². The van der Waals surface area contributed by atoms with Crippen LogP contribution in [0, 0.1) is 0 Å². The van der Waals surface area contributed by atoms with Gasteiger partial charge in [-0.15, -0.1) is 0 Å². The van der Waals surface area contributed by atoms with E-state index < -0.39 is 41.6 Å². The van der Waals surface area contributed by atoms with Crippen LogP contribution in [0.4, 0.5) is 8.78 Å². The molecule has 1 fully saturated rings. The number of halogens is 2. The largest absolute Gasteiger partial charge is 0.352 e. The quantitative estimate of drug-likeness (QED) is 0.110. The Morgan fingerprint density at radius 3 is 2.45 bits per heavy atom. The fourth-order valence-corrected chi connectivity index (χ4v) is 4.91. The minimum atomic E-state index is -3.64. The Morgan fingerprint density at radius 2 is 1.75 bits per heavy atom. The smallest absolute Gasteiger partial charge is 0.322 e. The van der Waals surface area contributed by atoms with Gasteiger partial charge < -0.3 is 4.90 Å². The Morgan fingerprint density at radius 1 is 1.02 bits per heavy atom. The molecule has 5 amide bonds. The maximum Gasteiger partial charge on any atom is 0.352 e. The van der Waals surface area contributed by atoms with Gasteiger partial charge in [-0.1, -0.05) is 37.1 Å². The van der Waals surface area contributed by atoms with Crippen LogP contribution in [0.25, 0.3) is 0 Å². The van der Waals surface area contributed by atoms with Crippen LogP contribution < -0.4 is 16.1 Å². The molecule has 2 aliphatic heterocycles. The number of benzene rings is 2. The number of unbranched alkanes of at least 4 members (excludes halogenated alkanes) is 3. The summed E-state index contributed by atoms with van der Waals surface area (Å²) in [6.45, 7) is 0.0252. The first kappa shape index (κ1) is 28.8. The minimum Gasteiger partial charge on any atom is -0.322 e. The van der Waals surface area contributed by atoms with Gasteiger partial charge >= 0.3 is 6.05 Å². The lowest BCUT2D eigenvalue weighted by Gasteiger charge is -2.29. The molecule has 4 rings (SSSR count). The van der Waals surface area contributed by atoms with Gasteiger partial charge in [0, 0.05) is 36.1 Å². The van der Waals surface area contributed by atoms with E-state index in [0.29, 0.717) is 18.4 Å². The summed E-state index contributed by atoms with van der Waals surface area (Å²) in [4.78, 5) is 61.5. The van der Waals surface area contributed by atoms with E-state index in [4.69, 9.17) is 5.21 Å². The highest BCUT2D eigenvalue weighted by Gasteiger charge is 2.40. The molecule has 0 saturated carbocycles. The van der Waals surface area contributed by atoms with Gasteiger partial charge in [0.1, 0.15) is 6.04 Å². The SMILES string of the molecule is O=C(CCCCCCc1ccc(C(F)(F)NC(=O)c2ccc3c(c2)CN(C2CCC(=O)NC2=O)C3=O)cc1)NO. The van der Waals surface area contributed by atoms with Crippen molar-refractivity contribution >= 4 is 29.5 Å². The molecule has 0 aliphatic carbocycles. The summed E-state index contributed by atoms with van der Waals surface area (Å²) in [5.74, 6) is -2.83. The Hall–Kier alpha value is -4.19. The van der Waals surface area contributed by atoms with Crippen LogP contribution in [0.3, 0.4) is 0 Å². The van der Waals surface area contributed by atoms with E-state index in [-0.39, 0.29) is 42.5 Å². The molecule has 0 spiro atoms. The number of hydroxylamine groups is 1. The van der Waals surface area contributed by atoms with Gasteiger partial charge in [0.15, 0.2) is 0 Å². The van der Waals surface area contributed by atoms with E-state index in [1.807, 2.05) is 0 Å². The maximum atomic E-state index is 14.9. The van der Waals surface area contributed by atoms with Crippen molar-refractivity contribution in [3.63, 3.8) is 0 Å². The lowest BCUT2D eigenvalue weighted by Crippen LogP contribution is -2.52. The average Bonchev–Trinajstić information content (AvgIpc) is 3.25. The number of piperidine rings is 1. The second kappa shape index (κ2) is 12.3. The number of nitrogens with zero attached hydrogens (tertiary/aromatic N) is 1. The van der Waals surface area contributed by atoms with E-state index >= 15 is 0 Å². The monoisotopic (exact) mass is 556 g/mol. The maximum absolute atomic E-state index is 14.9. The Labute approximate surface area is 229 Å². The van der Waals surface area contributed by atoms with E-state index in [0.717, 1.165) is 24.8 Å². The highest BCUT2D eigenvalue weighted by molar-refractivity contribution is 6.06. The van der Waals surface area contributed by atoms with Crippen LogP contribution in [0.15, 0.2) is 42.5 Å². The predicted octanol–water partition coefficient (Wildman–Crippen LogP) is 2.93. The first-order valence-electron chi connectivity index (χ1n) is 13.1. The number of amides is 5. The predicted molar refractivity (Wildman–Crippen MR) is 137 cm³/mol. The summed E-state index contributed by atoms with van der Waals surface area (Å²) in [5.41, 5.74) is 2.74. The number of aryl methyl sites for hydroxylation is 1. The van der Waals surface area contributed by atoms with Gasteiger partial charge in [-0.2, -0.15) is 8.78 Å². The van der Waals surface area contributed by atoms with Gasteiger partial charge in [-0.3, -0.25) is 39.8 Å². The Kier molecular flexibility index (Phi) is 8.88. The standard InChI is InChI=1S/C28H30F2N4O6/c29-28(30,20-10-7-17(8-11-20)5-3-1-2-4-6-24(36)33-40)32-25(37)18-9-12-21-19(15-18)16-34(27(21)39)22-13-14-23(35)31-26(22)38/h7-12,15,22,40H,1-6,13-14,16H2,(H,32,37)(H,33,36)(H,31,35,38). The summed E-state index contributed by atoms with van der Waals surface area (Å²) in [7, 11) is 0. The molecule has 2 aliphatic rings. The second-order valence-corrected chi connectivity index (χ2v) is 9.95. The summed E-state index contributed by atoms with van der Waals surface area (Å²) in [5, 5.41) is 12.4.